The van der Waals surface area contributed by atoms with Crippen LogP contribution in [0.5, 0.6) is 0 Å². The van der Waals surface area contributed by atoms with Crippen LogP contribution in [0.2, 0.25) is 0 Å². The summed E-state index contributed by atoms with van der Waals surface area (Å²) in [7, 11) is 0. The van der Waals surface area contributed by atoms with E-state index in [1.165, 1.54) is 19.3 Å². The van der Waals surface area contributed by atoms with Crippen molar-refractivity contribution in [1.82, 2.24) is 20.3 Å². The van der Waals surface area contributed by atoms with E-state index in [1.54, 1.807) is 4.68 Å². The molecule has 1 aliphatic rings. The summed E-state index contributed by atoms with van der Waals surface area (Å²) in [6, 6.07) is 0.539. The monoisotopic (exact) mass is 280 g/mol. The van der Waals surface area contributed by atoms with Crippen molar-refractivity contribution in [2.45, 2.75) is 66.1 Å². The molecule has 0 bridgehead atoms. The average molecular weight is 280 g/mol. The molecule has 0 radical (unpaired) electrons. The first-order chi connectivity index (χ1) is 9.30. The summed E-state index contributed by atoms with van der Waals surface area (Å²) in [6.07, 6.45) is 5.61. The average Bonchev–Trinajstić information content (AvgIpc) is 2.70. The second kappa shape index (κ2) is 5.82. The van der Waals surface area contributed by atoms with E-state index in [0.29, 0.717) is 23.4 Å². The van der Waals surface area contributed by atoms with Crippen molar-refractivity contribution < 1.29 is 5.11 Å². The molecule has 0 amide bonds. The third kappa shape index (κ3) is 4.28. The maximum atomic E-state index is 8.87. The quantitative estimate of drug-likeness (QED) is 0.865. The predicted molar refractivity (Wildman–Crippen MR) is 79.1 cm³/mol. The van der Waals surface area contributed by atoms with Crippen LogP contribution in [0.1, 0.15) is 52.7 Å². The molecule has 2 rings (SSSR count). The van der Waals surface area contributed by atoms with Gasteiger partial charge < -0.3 is 10.4 Å². The molecule has 5 heteroatoms. The summed E-state index contributed by atoms with van der Waals surface area (Å²) >= 11 is 0. The zero-order valence-corrected chi connectivity index (χ0v) is 13.2. The van der Waals surface area contributed by atoms with Crippen LogP contribution in [-0.4, -0.2) is 32.7 Å². The van der Waals surface area contributed by atoms with Gasteiger partial charge in [-0.2, -0.15) is 0 Å². The van der Waals surface area contributed by atoms with Crippen LogP contribution in [0.15, 0.2) is 6.20 Å². The summed E-state index contributed by atoms with van der Waals surface area (Å²) in [6.45, 7) is 10.8. The Kier molecular flexibility index (Phi) is 4.49. The second-order valence-corrected chi connectivity index (χ2v) is 7.69. The minimum absolute atomic E-state index is 0.0984. The smallest absolute Gasteiger partial charge is 0.0964 e. The first-order valence-electron chi connectivity index (χ1n) is 7.53. The number of nitrogens with one attached hydrogen (secondary N) is 1. The standard InChI is InChI=1S/C15H28N4O/c1-14(2)7-12(8-15(3,4)11-14)16-9-13-10-19(5-6-20)18-17-13/h10,12,16,20H,5-9,11H2,1-4H3. The molecule has 0 unspecified atom stereocenters. The van der Waals surface area contributed by atoms with Gasteiger partial charge in [0.15, 0.2) is 0 Å². The van der Waals surface area contributed by atoms with Crippen LogP contribution in [0.3, 0.4) is 0 Å². The van der Waals surface area contributed by atoms with Gasteiger partial charge in [0.05, 0.1) is 18.8 Å². The van der Waals surface area contributed by atoms with Gasteiger partial charge in [-0.25, -0.2) is 4.68 Å². The number of aromatic nitrogens is 3. The normalized spacial score (nSPS) is 22.1. The van der Waals surface area contributed by atoms with Crippen molar-refractivity contribution in [2.24, 2.45) is 10.8 Å². The first kappa shape index (κ1) is 15.4. The minimum Gasteiger partial charge on any atom is -0.394 e. The number of hydrogen-bond donors (Lipinski definition) is 2. The fourth-order valence-corrected chi connectivity index (χ4v) is 3.87. The lowest BCUT2D eigenvalue weighted by atomic mass is 9.63. The van der Waals surface area contributed by atoms with Gasteiger partial charge in [-0.05, 0) is 30.1 Å². The van der Waals surface area contributed by atoms with Crippen molar-refractivity contribution in [3.05, 3.63) is 11.9 Å². The van der Waals surface area contributed by atoms with Crippen LogP contribution in [-0.2, 0) is 13.1 Å². The maximum Gasteiger partial charge on any atom is 0.0964 e. The van der Waals surface area contributed by atoms with E-state index in [-0.39, 0.29) is 6.61 Å². The SMILES string of the molecule is CC1(C)CC(NCc2cn(CCO)nn2)CC(C)(C)C1. The van der Waals surface area contributed by atoms with Crippen molar-refractivity contribution in [3.8, 4) is 0 Å². The number of hydrogen-bond acceptors (Lipinski definition) is 4. The van der Waals surface area contributed by atoms with Gasteiger partial charge >= 0.3 is 0 Å². The molecule has 114 valence electrons. The summed E-state index contributed by atoms with van der Waals surface area (Å²) in [5.41, 5.74) is 1.74. The first-order valence-corrected chi connectivity index (χ1v) is 7.53. The van der Waals surface area contributed by atoms with Gasteiger partial charge in [-0.1, -0.05) is 32.9 Å². The highest BCUT2D eigenvalue weighted by Crippen LogP contribution is 2.45. The zero-order chi connectivity index (χ0) is 14.8. The van der Waals surface area contributed by atoms with Crippen LogP contribution >= 0.6 is 0 Å². The highest BCUT2D eigenvalue weighted by Gasteiger charge is 2.38. The fourth-order valence-electron chi connectivity index (χ4n) is 3.87. The Hall–Kier alpha value is -0.940. The molecule has 0 aromatic carbocycles. The summed E-state index contributed by atoms with van der Waals surface area (Å²) < 4.78 is 1.69. The molecule has 5 nitrogen and oxygen atoms in total. The van der Waals surface area contributed by atoms with Crippen LogP contribution in [0.25, 0.3) is 0 Å². The molecule has 0 spiro atoms. The molecule has 2 N–H and O–H groups in total. The van der Waals surface area contributed by atoms with E-state index in [2.05, 4.69) is 43.3 Å². The maximum absolute atomic E-state index is 8.87. The van der Waals surface area contributed by atoms with Gasteiger partial charge in [0.1, 0.15) is 0 Å². The molecule has 1 aromatic rings. The number of aliphatic hydroxyl groups excluding tert-OH is 1. The van der Waals surface area contributed by atoms with Crippen molar-refractivity contribution >= 4 is 0 Å². The van der Waals surface area contributed by atoms with E-state index in [0.717, 1.165) is 12.2 Å². The third-order valence-corrected chi connectivity index (χ3v) is 4.04. The molecule has 0 aliphatic heterocycles. The van der Waals surface area contributed by atoms with Crippen LogP contribution in [0.4, 0.5) is 0 Å². The number of rotatable bonds is 5. The van der Waals surface area contributed by atoms with Crippen molar-refractivity contribution in [2.75, 3.05) is 6.61 Å². The van der Waals surface area contributed by atoms with Gasteiger partial charge in [0, 0.05) is 18.8 Å². The number of nitrogens with zero attached hydrogens (tertiary/aromatic N) is 3. The van der Waals surface area contributed by atoms with E-state index in [9.17, 15) is 0 Å². The summed E-state index contributed by atoms with van der Waals surface area (Å²) in [5.74, 6) is 0. The predicted octanol–water partition coefficient (Wildman–Crippen LogP) is 1.96. The topological polar surface area (TPSA) is 63.0 Å². The Morgan fingerprint density at radius 1 is 1.30 bits per heavy atom. The highest BCUT2D eigenvalue weighted by molar-refractivity contribution is 4.96. The molecule has 1 saturated carbocycles. The van der Waals surface area contributed by atoms with Gasteiger partial charge in [0.25, 0.3) is 0 Å². The lowest BCUT2D eigenvalue weighted by Crippen LogP contribution is -2.43. The molecule has 1 fully saturated rings. The molecule has 20 heavy (non-hydrogen) atoms. The lowest BCUT2D eigenvalue weighted by Gasteiger charge is -2.45. The van der Waals surface area contributed by atoms with Crippen LogP contribution < -0.4 is 5.32 Å². The van der Waals surface area contributed by atoms with Gasteiger partial charge in [-0.3, -0.25) is 0 Å². The summed E-state index contributed by atoms with van der Waals surface area (Å²) in [4.78, 5) is 0. The molecule has 1 heterocycles. The Bertz CT molecular complexity index is 423. The Morgan fingerprint density at radius 3 is 2.55 bits per heavy atom. The fraction of sp³-hybridized carbons (Fsp3) is 0.867. The van der Waals surface area contributed by atoms with Gasteiger partial charge in [-0.15, -0.1) is 5.10 Å². The third-order valence-electron chi connectivity index (χ3n) is 4.04. The lowest BCUT2D eigenvalue weighted by molar-refractivity contribution is 0.0843. The van der Waals surface area contributed by atoms with E-state index >= 15 is 0 Å². The molecule has 0 atom stereocenters. The molecule has 1 aromatic heterocycles. The molecular formula is C15H28N4O. The minimum atomic E-state index is 0.0984. The zero-order valence-electron chi connectivity index (χ0n) is 13.2. The number of aliphatic hydroxyl groups is 1. The second-order valence-electron chi connectivity index (χ2n) is 7.69. The Balaban J connectivity index is 1.89. The molecular weight excluding hydrogens is 252 g/mol. The van der Waals surface area contributed by atoms with E-state index in [1.807, 2.05) is 6.20 Å². The Labute approximate surface area is 121 Å². The molecule has 1 aliphatic carbocycles. The summed E-state index contributed by atoms with van der Waals surface area (Å²) in [5, 5.41) is 20.6. The van der Waals surface area contributed by atoms with E-state index in [4.69, 9.17) is 5.11 Å². The van der Waals surface area contributed by atoms with Crippen molar-refractivity contribution in [1.29, 1.82) is 0 Å². The molecule has 0 saturated heterocycles. The highest BCUT2D eigenvalue weighted by atomic mass is 16.3. The van der Waals surface area contributed by atoms with Gasteiger partial charge in [0.2, 0.25) is 0 Å². The van der Waals surface area contributed by atoms with Crippen LogP contribution in [0, 0.1) is 10.8 Å². The largest absolute Gasteiger partial charge is 0.394 e. The van der Waals surface area contributed by atoms with E-state index < -0.39 is 0 Å². The van der Waals surface area contributed by atoms with Crippen molar-refractivity contribution in [3.63, 3.8) is 0 Å². The Morgan fingerprint density at radius 2 is 1.95 bits per heavy atom.